The zero-order valence-electron chi connectivity index (χ0n) is 17.4. The van der Waals surface area contributed by atoms with Crippen molar-refractivity contribution in [2.75, 3.05) is 33.3 Å². The van der Waals surface area contributed by atoms with Gasteiger partial charge in [-0.3, -0.25) is 19.2 Å². The first-order valence-electron chi connectivity index (χ1n) is 9.61. The van der Waals surface area contributed by atoms with Crippen molar-refractivity contribution in [2.45, 2.75) is 39.2 Å². The Morgan fingerprint density at radius 3 is 2.45 bits per heavy atom. The second-order valence-corrected chi connectivity index (χ2v) is 9.15. The van der Waals surface area contributed by atoms with Crippen molar-refractivity contribution in [1.82, 2.24) is 15.1 Å². The van der Waals surface area contributed by atoms with E-state index in [1.165, 1.54) is 23.3 Å². The zero-order valence-corrected chi connectivity index (χ0v) is 18.2. The van der Waals surface area contributed by atoms with Crippen molar-refractivity contribution in [3.8, 4) is 0 Å². The Balaban J connectivity index is 1.72. The van der Waals surface area contributed by atoms with Crippen molar-refractivity contribution in [3.05, 3.63) is 22.4 Å². The molecular formula is C20H29N3O5S. The van der Waals surface area contributed by atoms with Crippen LogP contribution in [0.5, 0.6) is 0 Å². The average Bonchev–Trinajstić information content (AvgIpc) is 3.18. The van der Waals surface area contributed by atoms with Gasteiger partial charge in [-0.05, 0) is 45.1 Å². The summed E-state index contributed by atoms with van der Waals surface area (Å²) < 4.78 is 5.15. The number of likely N-dealkylation sites (tertiary alicyclic amines) is 1. The number of hydrogen-bond donors (Lipinski definition) is 1. The van der Waals surface area contributed by atoms with E-state index in [1.54, 1.807) is 11.0 Å². The van der Waals surface area contributed by atoms with E-state index in [0.29, 0.717) is 30.8 Å². The monoisotopic (exact) mass is 423 g/mol. The van der Waals surface area contributed by atoms with Gasteiger partial charge in [0.05, 0.1) is 17.3 Å². The summed E-state index contributed by atoms with van der Waals surface area (Å²) in [5, 5.41) is 4.63. The third-order valence-corrected chi connectivity index (χ3v) is 5.36. The molecule has 8 nitrogen and oxygen atoms in total. The molecule has 0 unspecified atom stereocenters. The van der Waals surface area contributed by atoms with Gasteiger partial charge in [-0.1, -0.05) is 6.07 Å². The summed E-state index contributed by atoms with van der Waals surface area (Å²) in [4.78, 5) is 52.3. The minimum absolute atomic E-state index is 0.0165. The molecule has 0 aliphatic carbocycles. The molecule has 0 saturated carbocycles. The van der Waals surface area contributed by atoms with Crippen LogP contribution in [-0.4, -0.2) is 72.3 Å². The molecule has 3 amide bonds. The number of rotatable bonds is 6. The van der Waals surface area contributed by atoms with Crippen LogP contribution in [0.15, 0.2) is 17.5 Å². The summed E-state index contributed by atoms with van der Waals surface area (Å²) in [7, 11) is 1.49. The number of thiophene rings is 1. The lowest BCUT2D eigenvalue weighted by Crippen LogP contribution is -2.47. The van der Waals surface area contributed by atoms with Crippen LogP contribution in [0.2, 0.25) is 0 Å². The molecule has 0 bridgehead atoms. The first-order valence-corrected chi connectivity index (χ1v) is 10.5. The van der Waals surface area contributed by atoms with E-state index in [2.05, 4.69) is 5.32 Å². The molecule has 0 spiro atoms. The summed E-state index contributed by atoms with van der Waals surface area (Å²) in [5.41, 5.74) is -0.382. The van der Waals surface area contributed by atoms with Gasteiger partial charge in [0, 0.05) is 25.7 Å². The van der Waals surface area contributed by atoms with Gasteiger partial charge in [-0.2, -0.15) is 0 Å². The number of nitrogens with zero attached hydrogens (tertiary/aromatic N) is 2. The summed E-state index contributed by atoms with van der Waals surface area (Å²) >= 11 is 1.40. The Morgan fingerprint density at radius 1 is 1.24 bits per heavy atom. The van der Waals surface area contributed by atoms with Crippen molar-refractivity contribution < 1.29 is 23.9 Å². The Bertz CT molecular complexity index is 734. The molecule has 0 aromatic carbocycles. The third-order valence-electron chi connectivity index (χ3n) is 4.51. The highest BCUT2D eigenvalue weighted by Gasteiger charge is 2.29. The predicted molar refractivity (Wildman–Crippen MR) is 109 cm³/mol. The molecule has 1 saturated heterocycles. The summed E-state index contributed by atoms with van der Waals surface area (Å²) in [6.07, 6.45) is 1.02. The molecular weight excluding hydrogens is 394 g/mol. The Labute approximate surface area is 175 Å². The second kappa shape index (κ2) is 9.87. The third kappa shape index (κ3) is 7.16. The van der Waals surface area contributed by atoms with E-state index >= 15 is 0 Å². The molecule has 2 rings (SSSR count). The molecule has 0 atom stereocenters. The lowest BCUT2D eigenvalue weighted by molar-refractivity contribution is -0.156. The number of amides is 3. The van der Waals surface area contributed by atoms with Crippen molar-refractivity contribution in [2.24, 2.45) is 5.92 Å². The lowest BCUT2D eigenvalue weighted by atomic mass is 9.97. The van der Waals surface area contributed by atoms with Gasteiger partial charge < -0.3 is 19.9 Å². The molecule has 0 radical (unpaired) electrons. The normalized spacial score (nSPS) is 15.0. The molecule has 1 fully saturated rings. The fourth-order valence-corrected chi connectivity index (χ4v) is 3.69. The fourth-order valence-electron chi connectivity index (χ4n) is 3.00. The van der Waals surface area contributed by atoms with Gasteiger partial charge in [0.25, 0.3) is 11.8 Å². The number of ether oxygens (including phenoxy) is 1. The molecule has 1 aliphatic rings. The van der Waals surface area contributed by atoms with E-state index < -0.39 is 18.5 Å². The molecule has 1 N–H and O–H groups in total. The largest absolute Gasteiger partial charge is 0.455 e. The molecule has 160 valence electrons. The number of carbonyl (C=O) groups is 4. The minimum atomic E-state index is -0.437. The van der Waals surface area contributed by atoms with Crippen molar-refractivity contribution in [1.29, 1.82) is 0 Å². The highest BCUT2D eigenvalue weighted by molar-refractivity contribution is 7.12. The summed E-state index contributed by atoms with van der Waals surface area (Å²) in [5.74, 6) is -1.49. The Kier molecular flexibility index (Phi) is 7.78. The number of carbonyl (C=O) groups excluding carboxylic acids is 4. The molecule has 1 aromatic heterocycles. The minimum Gasteiger partial charge on any atom is -0.455 e. The average molecular weight is 424 g/mol. The first kappa shape index (κ1) is 22.9. The van der Waals surface area contributed by atoms with Crippen LogP contribution in [0.1, 0.15) is 43.3 Å². The molecule has 1 aromatic rings. The SMILES string of the molecule is CN(CC(=O)NC(C)(C)C)C(=O)COC(=O)C1CCN(C(=O)c2cccs2)CC1. The van der Waals surface area contributed by atoms with E-state index in [0.717, 1.165) is 0 Å². The predicted octanol–water partition coefficient (Wildman–Crippen LogP) is 1.52. The highest BCUT2D eigenvalue weighted by Crippen LogP contribution is 2.21. The number of hydrogen-bond acceptors (Lipinski definition) is 6. The van der Waals surface area contributed by atoms with Gasteiger partial charge in [-0.25, -0.2) is 0 Å². The number of piperidine rings is 1. The van der Waals surface area contributed by atoms with E-state index in [-0.39, 0.29) is 29.8 Å². The van der Waals surface area contributed by atoms with Gasteiger partial charge in [0.15, 0.2) is 6.61 Å². The number of esters is 1. The summed E-state index contributed by atoms with van der Waals surface area (Å²) in [6, 6.07) is 3.63. The van der Waals surface area contributed by atoms with Gasteiger partial charge in [-0.15, -0.1) is 11.3 Å². The van der Waals surface area contributed by atoms with Crippen LogP contribution >= 0.6 is 11.3 Å². The standard InChI is InChI=1S/C20H29N3O5S/c1-20(2,3)21-16(24)12-22(4)17(25)13-28-19(27)14-7-9-23(10-8-14)18(26)15-6-5-11-29-15/h5-6,11,14H,7-10,12-13H2,1-4H3,(H,21,24). The van der Waals surface area contributed by atoms with Crippen molar-refractivity contribution >= 4 is 35.0 Å². The quantitative estimate of drug-likeness (QED) is 0.700. The van der Waals surface area contributed by atoms with Crippen LogP contribution in [0, 0.1) is 5.92 Å². The first-order chi connectivity index (χ1) is 13.6. The molecule has 29 heavy (non-hydrogen) atoms. The molecule has 1 aliphatic heterocycles. The molecule has 9 heteroatoms. The molecule has 2 heterocycles. The van der Waals surface area contributed by atoms with Crippen LogP contribution < -0.4 is 5.32 Å². The van der Waals surface area contributed by atoms with Gasteiger partial charge in [0.1, 0.15) is 0 Å². The maximum Gasteiger partial charge on any atom is 0.309 e. The maximum atomic E-state index is 12.3. The number of nitrogens with one attached hydrogen (secondary N) is 1. The number of likely N-dealkylation sites (N-methyl/N-ethyl adjacent to an activating group) is 1. The summed E-state index contributed by atoms with van der Waals surface area (Å²) in [6.45, 7) is 6.04. The van der Waals surface area contributed by atoms with E-state index in [4.69, 9.17) is 4.74 Å². The van der Waals surface area contributed by atoms with Crippen LogP contribution in [0.3, 0.4) is 0 Å². The van der Waals surface area contributed by atoms with Crippen molar-refractivity contribution in [3.63, 3.8) is 0 Å². The maximum absolute atomic E-state index is 12.3. The Morgan fingerprint density at radius 2 is 1.90 bits per heavy atom. The fraction of sp³-hybridized carbons (Fsp3) is 0.600. The van der Waals surface area contributed by atoms with Crippen LogP contribution in [0.25, 0.3) is 0 Å². The highest BCUT2D eigenvalue weighted by atomic mass is 32.1. The van der Waals surface area contributed by atoms with Gasteiger partial charge in [0.2, 0.25) is 5.91 Å². The second-order valence-electron chi connectivity index (χ2n) is 8.20. The van der Waals surface area contributed by atoms with E-state index in [1.807, 2.05) is 32.2 Å². The Hall–Kier alpha value is -2.42. The van der Waals surface area contributed by atoms with E-state index in [9.17, 15) is 19.2 Å². The van der Waals surface area contributed by atoms with Gasteiger partial charge >= 0.3 is 5.97 Å². The zero-order chi connectivity index (χ0) is 21.6. The lowest BCUT2D eigenvalue weighted by Gasteiger charge is -2.30. The van der Waals surface area contributed by atoms with Crippen LogP contribution in [-0.2, 0) is 19.1 Å². The van der Waals surface area contributed by atoms with Crippen LogP contribution in [0.4, 0.5) is 0 Å². The topological polar surface area (TPSA) is 96.0 Å². The smallest absolute Gasteiger partial charge is 0.309 e.